The van der Waals surface area contributed by atoms with Crippen LogP contribution in [0, 0.1) is 0 Å². The summed E-state index contributed by atoms with van der Waals surface area (Å²) in [7, 11) is 1.67. The second-order valence-electron chi connectivity index (χ2n) is 3.89. The fourth-order valence-electron chi connectivity index (χ4n) is 1.67. The molecule has 0 bridgehead atoms. The summed E-state index contributed by atoms with van der Waals surface area (Å²) >= 11 is 0. The molecule has 2 heterocycles. The third-order valence-electron chi connectivity index (χ3n) is 2.56. The lowest BCUT2D eigenvalue weighted by Gasteiger charge is -2.07. The van der Waals surface area contributed by atoms with Crippen LogP contribution in [-0.4, -0.2) is 35.2 Å². The van der Waals surface area contributed by atoms with Crippen molar-refractivity contribution in [2.45, 2.75) is 25.9 Å². The molecule has 0 N–H and O–H groups in total. The molecular formula is C13H16N4O. The highest BCUT2D eigenvalue weighted by atomic mass is 16.5. The predicted molar refractivity (Wildman–Crippen MR) is 70.8 cm³/mol. The Morgan fingerprint density at radius 2 is 2.33 bits per heavy atom. The number of amidine groups is 1. The molecule has 1 aromatic heterocycles. The van der Waals surface area contributed by atoms with Gasteiger partial charge in [-0.15, -0.1) is 0 Å². The minimum Gasteiger partial charge on any atom is -0.375 e. The molecule has 0 aliphatic carbocycles. The Bertz CT molecular complexity index is 479. The summed E-state index contributed by atoms with van der Waals surface area (Å²) in [4.78, 5) is 17.1. The van der Waals surface area contributed by atoms with Crippen molar-refractivity contribution in [3.05, 3.63) is 36.1 Å². The van der Waals surface area contributed by atoms with Gasteiger partial charge >= 0.3 is 0 Å². The first-order valence-corrected chi connectivity index (χ1v) is 5.94. The third kappa shape index (κ3) is 3.07. The number of methoxy groups -OCH3 is 1. The lowest BCUT2D eigenvalue weighted by molar-refractivity contribution is 0.160. The first kappa shape index (κ1) is 12.6. The van der Waals surface area contributed by atoms with Crippen molar-refractivity contribution in [2.75, 3.05) is 7.11 Å². The van der Waals surface area contributed by atoms with Gasteiger partial charge in [0.15, 0.2) is 5.84 Å². The number of ether oxygens (including phenoxy) is 1. The molecule has 0 radical (unpaired) electrons. The van der Waals surface area contributed by atoms with Gasteiger partial charge in [-0.3, -0.25) is 4.98 Å². The predicted octanol–water partition coefficient (Wildman–Crippen LogP) is 2.01. The Hall–Kier alpha value is -1.88. The molecule has 1 aromatic rings. The van der Waals surface area contributed by atoms with Gasteiger partial charge in [0.2, 0.25) is 0 Å². The lowest BCUT2D eigenvalue weighted by Crippen LogP contribution is -2.11. The Morgan fingerprint density at radius 3 is 3.00 bits per heavy atom. The Balaban J connectivity index is 2.35. The maximum Gasteiger partial charge on any atom is 0.179 e. The van der Waals surface area contributed by atoms with E-state index >= 15 is 0 Å². The zero-order chi connectivity index (χ0) is 12.8. The van der Waals surface area contributed by atoms with Crippen molar-refractivity contribution in [2.24, 2.45) is 9.98 Å². The average molecular weight is 244 g/mol. The van der Waals surface area contributed by atoms with E-state index in [9.17, 15) is 0 Å². The molecule has 1 aliphatic rings. The molecule has 0 spiro atoms. The second-order valence-corrected chi connectivity index (χ2v) is 3.89. The van der Waals surface area contributed by atoms with Crippen LogP contribution in [0.15, 0.2) is 40.3 Å². The molecule has 1 unspecified atom stereocenters. The number of rotatable bonds is 3. The van der Waals surface area contributed by atoms with E-state index in [4.69, 9.17) is 4.74 Å². The van der Waals surface area contributed by atoms with E-state index < -0.39 is 0 Å². The van der Waals surface area contributed by atoms with Gasteiger partial charge in [-0.2, -0.15) is 0 Å². The molecule has 18 heavy (non-hydrogen) atoms. The summed E-state index contributed by atoms with van der Waals surface area (Å²) in [5.74, 6) is 0.586. The van der Waals surface area contributed by atoms with Crippen molar-refractivity contribution in [1.29, 1.82) is 0 Å². The molecule has 5 heteroatoms. The highest BCUT2D eigenvalue weighted by molar-refractivity contribution is 6.02. The lowest BCUT2D eigenvalue weighted by atomic mass is 10.2. The summed E-state index contributed by atoms with van der Waals surface area (Å²) in [5, 5.41) is 0. The molecule has 94 valence electrons. The molecule has 0 saturated heterocycles. The normalized spacial score (nSPS) is 21.8. The summed E-state index contributed by atoms with van der Waals surface area (Å²) in [6, 6.07) is 0. The number of allylic oxidation sites excluding steroid dienone is 1. The molecule has 5 nitrogen and oxygen atoms in total. The van der Waals surface area contributed by atoms with E-state index in [1.807, 2.05) is 0 Å². The average Bonchev–Trinajstić information content (AvgIpc) is 2.62. The van der Waals surface area contributed by atoms with Crippen LogP contribution in [0.2, 0.25) is 0 Å². The molecule has 2 rings (SSSR count). The first-order valence-electron chi connectivity index (χ1n) is 5.94. The Morgan fingerprint density at radius 1 is 1.44 bits per heavy atom. The highest BCUT2D eigenvalue weighted by Gasteiger charge is 2.14. The molecule has 0 saturated carbocycles. The largest absolute Gasteiger partial charge is 0.375 e. The van der Waals surface area contributed by atoms with Crippen molar-refractivity contribution in [3.63, 3.8) is 0 Å². The quantitative estimate of drug-likeness (QED) is 0.817. The van der Waals surface area contributed by atoms with Crippen LogP contribution >= 0.6 is 0 Å². The summed E-state index contributed by atoms with van der Waals surface area (Å²) < 4.78 is 5.33. The summed E-state index contributed by atoms with van der Waals surface area (Å²) in [6.07, 6.45) is 10.4. The molecule has 0 aromatic carbocycles. The van der Waals surface area contributed by atoms with E-state index in [-0.39, 0.29) is 6.10 Å². The SMILES string of the molecule is CC/C=C1\CC(OC)C=NC(c2cnccn2)=N1. The molecule has 1 aliphatic heterocycles. The van der Waals surface area contributed by atoms with Gasteiger partial charge in [0, 0.05) is 37.8 Å². The first-order chi connectivity index (χ1) is 8.83. The number of aromatic nitrogens is 2. The van der Waals surface area contributed by atoms with Gasteiger partial charge < -0.3 is 4.74 Å². The van der Waals surface area contributed by atoms with E-state index in [0.717, 1.165) is 18.5 Å². The van der Waals surface area contributed by atoms with Crippen molar-refractivity contribution in [1.82, 2.24) is 9.97 Å². The molecule has 0 amide bonds. The maximum atomic E-state index is 5.33. The minimum atomic E-state index is -0.0410. The summed E-state index contributed by atoms with van der Waals surface area (Å²) in [5.41, 5.74) is 1.65. The summed E-state index contributed by atoms with van der Waals surface area (Å²) in [6.45, 7) is 2.08. The van der Waals surface area contributed by atoms with Gasteiger partial charge in [0.1, 0.15) is 5.69 Å². The van der Waals surface area contributed by atoms with E-state index in [0.29, 0.717) is 11.5 Å². The Kier molecular flexibility index (Phi) is 4.30. The Labute approximate surface area is 106 Å². The fraction of sp³-hybridized carbons (Fsp3) is 0.385. The number of hydrogen-bond donors (Lipinski definition) is 0. The standard InChI is InChI=1S/C13H16N4O/c1-3-4-10-7-11(18-2)8-16-13(17-10)12-9-14-5-6-15-12/h4-6,8-9,11H,3,7H2,1-2H3/b10-4+. The maximum absolute atomic E-state index is 5.33. The topological polar surface area (TPSA) is 59.7 Å². The third-order valence-corrected chi connectivity index (χ3v) is 2.56. The van der Waals surface area contributed by atoms with Crippen LogP contribution in [-0.2, 0) is 4.74 Å². The van der Waals surface area contributed by atoms with Crippen LogP contribution in [0.1, 0.15) is 25.5 Å². The van der Waals surface area contributed by atoms with Crippen LogP contribution in [0.3, 0.4) is 0 Å². The van der Waals surface area contributed by atoms with Crippen LogP contribution in [0.4, 0.5) is 0 Å². The fourth-order valence-corrected chi connectivity index (χ4v) is 1.67. The van der Waals surface area contributed by atoms with Gasteiger partial charge in [-0.05, 0) is 6.42 Å². The zero-order valence-electron chi connectivity index (χ0n) is 10.6. The smallest absolute Gasteiger partial charge is 0.179 e. The monoisotopic (exact) mass is 244 g/mol. The van der Waals surface area contributed by atoms with Gasteiger partial charge in [0.05, 0.1) is 12.3 Å². The van der Waals surface area contributed by atoms with Gasteiger partial charge in [-0.25, -0.2) is 15.0 Å². The van der Waals surface area contributed by atoms with E-state index in [1.165, 1.54) is 0 Å². The van der Waals surface area contributed by atoms with Gasteiger partial charge in [0.25, 0.3) is 0 Å². The van der Waals surface area contributed by atoms with Crippen LogP contribution < -0.4 is 0 Å². The van der Waals surface area contributed by atoms with Crippen molar-refractivity contribution in [3.8, 4) is 0 Å². The highest BCUT2D eigenvalue weighted by Crippen LogP contribution is 2.15. The zero-order valence-corrected chi connectivity index (χ0v) is 10.6. The van der Waals surface area contributed by atoms with E-state index in [2.05, 4.69) is 33.0 Å². The van der Waals surface area contributed by atoms with Crippen molar-refractivity contribution < 1.29 is 4.74 Å². The van der Waals surface area contributed by atoms with Crippen LogP contribution in [0.5, 0.6) is 0 Å². The molecule has 1 atom stereocenters. The second kappa shape index (κ2) is 6.16. The molecule has 0 fully saturated rings. The van der Waals surface area contributed by atoms with E-state index in [1.54, 1.807) is 31.9 Å². The van der Waals surface area contributed by atoms with Gasteiger partial charge in [-0.1, -0.05) is 13.0 Å². The number of aliphatic imine (C=N–C) groups is 2. The number of hydrogen-bond acceptors (Lipinski definition) is 5. The minimum absolute atomic E-state index is 0.0410. The number of nitrogens with zero attached hydrogens (tertiary/aromatic N) is 4. The molecular weight excluding hydrogens is 228 g/mol. The van der Waals surface area contributed by atoms with Crippen LogP contribution in [0.25, 0.3) is 0 Å². The van der Waals surface area contributed by atoms with Crippen molar-refractivity contribution >= 4 is 12.1 Å².